The van der Waals surface area contributed by atoms with E-state index in [1.807, 2.05) is 37.3 Å². The molecule has 5 rings (SSSR count). The van der Waals surface area contributed by atoms with Crippen LogP contribution in [-0.2, 0) is 0 Å². The highest BCUT2D eigenvalue weighted by atomic mass is 14.6. The Morgan fingerprint density at radius 1 is 0.690 bits per heavy atom. The Bertz CT molecular complexity index is 2000. The molecule has 0 heterocycles. The van der Waals surface area contributed by atoms with Crippen LogP contribution in [0.25, 0.3) is 54.9 Å². The number of hydrogen-bond donors (Lipinski definition) is 2. The molecule has 0 saturated carbocycles. The molecular formula is C38H28N4. The second-order valence-corrected chi connectivity index (χ2v) is 9.97. The fourth-order valence-corrected chi connectivity index (χ4v) is 5.21. The number of allylic oxidation sites excluding steroid dienone is 7. The molecule has 4 nitrogen and oxygen atoms in total. The van der Waals surface area contributed by atoms with Crippen molar-refractivity contribution in [3.63, 3.8) is 0 Å². The van der Waals surface area contributed by atoms with E-state index in [2.05, 4.69) is 91.5 Å². The van der Waals surface area contributed by atoms with Crippen molar-refractivity contribution in [2.75, 3.05) is 0 Å². The molecule has 0 unspecified atom stereocenters. The van der Waals surface area contributed by atoms with Crippen molar-refractivity contribution in [1.29, 1.82) is 15.9 Å². The zero-order chi connectivity index (χ0) is 29.6. The Morgan fingerprint density at radius 2 is 1.19 bits per heavy atom. The maximum atomic E-state index is 9.01. The molecule has 0 aliphatic rings. The largest absolute Gasteiger partial charge is 0.390 e. The first-order chi connectivity index (χ1) is 20.4. The quantitative estimate of drug-likeness (QED) is 0.0931. The molecule has 0 aliphatic carbocycles. The van der Waals surface area contributed by atoms with Gasteiger partial charge in [-0.2, -0.15) is 10.5 Å². The summed E-state index contributed by atoms with van der Waals surface area (Å²) in [7, 11) is 0. The van der Waals surface area contributed by atoms with E-state index in [-0.39, 0.29) is 11.4 Å². The van der Waals surface area contributed by atoms with Gasteiger partial charge in [0, 0.05) is 0 Å². The van der Waals surface area contributed by atoms with Crippen LogP contribution in [0.1, 0.15) is 18.1 Å². The third-order valence-electron chi connectivity index (χ3n) is 7.27. The molecule has 4 heteroatoms. The second-order valence-electron chi connectivity index (χ2n) is 9.97. The molecular weight excluding hydrogens is 512 g/mol. The minimum absolute atomic E-state index is 0.114. The molecule has 0 spiro atoms. The third-order valence-corrected chi connectivity index (χ3v) is 7.27. The fourth-order valence-electron chi connectivity index (χ4n) is 5.21. The highest BCUT2D eigenvalue weighted by molar-refractivity contribution is 6.21. The minimum Gasteiger partial charge on any atom is -0.390 e. The van der Waals surface area contributed by atoms with Crippen molar-refractivity contribution in [2.45, 2.75) is 6.92 Å². The Morgan fingerprint density at radius 3 is 1.69 bits per heavy atom. The highest BCUT2D eigenvalue weighted by Gasteiger charge is 2.17. The summed E-state index contributed by atoms with van der Waals surface area (Å²) in [6.07, 6.45) is 6.68. The summed E-state index contributed by atoms with van der Waals surface area (Å²) in [4.78, 5) is 0. The van der Waals surface area contributed by atoms with Crippen molar-refractivity contribution in [1.82, 2.24) is 0 Å². The average molecular weight is 541 g/mol. The second kappa shape index (κ2) is 12.0. The van der Waals surface area contributed by atoms with Crippen LogP contribution >= 0.6 is 0 Å². The van der Waals surface area contributed by atoms with E-state index < -0.39 is 0 Å². The van der Waals surface area contributed by atoms with E-state index in [1.165, 1.54) is 6.08 Å². The maximum Gasteiger partial charge on any atom is 0.132 e. The van der Waals surface area contributed by atoms with E-state index in [4.69, 9.17) is 21.7 Å². The number of nitrogens with one attached hydrogen (secondary N) is 1. The molecule has 0 saturated heterocycles. The molecule has 5 aromatic rings. The van der Waals surface area contributed by atoms with Gasteiger partial charge in [-0.3, -0.25) is 5.41 Å². The van der Waals surface area contributed by atoms with E-state index in [0.29, 0.717) is 0 Å². The van der Waals surface area contributed by atoms with Crippen molar-refractivity contribution >= 4 is 38.4 Å². The van der Waals surface area contributed by atoms with Crippen LogP contribution in [0.4, 0.5) is 0 Å². The molecule has 0 bridgehead atoms. The zero-order valence-corrected chi connectivity index (χ0v) is 23.2. The molecule has 5 aromatic carbocycles. The monoisotopic (exact) mass is 540 g/mol. The van der Waals surface area contributed by atoms with E-state index in [1.54, 1.807) is 12.2 Å². The van der Waals surface area contributed by atoms with Crippen LogP contribution in [0.5, 0.6) is 0 Å². The predicted molar refractivity (Wildman–Crippen MR) is 175 cm³/mol. The lowest BCUT2D eigenvalue weighted by molar-refractivity contribution is 1.39. The van der Waals surface area contributed by atoms with Crippen LogP contribution in [0.15, 0.2) is 134 Å². The Kier molecular flexibility index (Phi) is 7.91. The molecule has 0 radical (unpaired) electrons. The van der Waals surface area contributed by atoms with E-state index in [0.717, 1.165) is 66.1 Å². The Balaban J connectivity index is 1.73. The van der Waals surface area contributed by atoms with Crippen molar-refractivity contribution in [3.8, 4) is 34.4 Å². The fraction of sp³-hybridized carbons (Fsp3) is 0.0263. The first-order valence-electron chi connectivity index (χ1n) is 13.5. The van der Waals surface area contributed by atoms with Crippen molar-refractivity contribution in [3.05, 3.63) is 145 Å². The topological polar surface area (TPSA) is 97.4 Å². The molecule has 0 aromatic heterocycles. The van der Waals surface area contributed by atoms with Gasteiger partial charge in [0.05, 0.1) is 0 Å². The SMILES string of the molecule is C=C(/C=C\C(=N)C#N)c1cccc(-c2c3ccccc3c(-c3cccc(/C(C)=C/C=C(\N)C#N)c3)c3ccccc23)c1. The van der Waals surface area contributed by atoms with Gasteiger partial charge in [0.15, 0.2) is 0 Å². The number of nitrogens with zero attached hydrogens (tertiary/aromatic N) is 2. The summed E-state index contributed by atoms with van der Waals surface area (Å²) in [5.41, 5.74) is 13.9. The summed E-state index contributed by atoms with van der Waals surface area (Å²) in [5, 5.41) is 30.1. The van der Waals surface area contributed by atoms with E-state index in [9.17, 15) is 0 Å². The first kappa shape index (κ1) is 27.6. The van der Waals surface area contributed by atoms with Gasteiger partial charge in [-0.25, -0.2) is 0 Å². The number of fused-ring (bicyclic) bond motifs is 2. The lowest BCUT2D eigenvalue weighted by atomic mass is 9.85. The molecule has 3 N–H and O–H groups in total. The third kappa shape index (κ3) is 5.52. The number of rotatable bonds is 7. The molecule has 42 heavy (non-hydrogen) atoms. The lowest BCUT2D eigenvalue weighted by Gasteiger charge is -2.18. The molecule has 200 valence electrons. The summed E-state index contributed by atoms with van der Waals surface area (Å²) in [6.45, 7) is 6.18. The summed E-state index contributed by atoms with van der Waals surface area (Å²) in [5.74, 6) is 0. The van der Waals surface area contributed by atoms with Gasteiger partial charge in [-0.05, 0) is 97.3 Å². The van der Waals surface area contributed by atoms with E-state index >= 15 is 0 Å². The average Bonchev–Trinajstić information content (AvgIpc) is 3.04. The minimum atomic E-state index is -0.114. The van der Waals surface area contributed by atoms with Gasteiger partial charge in [0.1, 0.15) is 23.5 Å². The van der Waals surface area contributed by atoms with Crippen LogP contribution in [0.2, 0.25) is 0 Å². The molecule has 0 amide bonds. The Hall–Kier alpha value is -5.97. The van der Waals surface area contributed by atoms with Crippen LogP contribution < -0.4 is 5.73 Å². The van der Waals surface area contributed by atoms with Gasteiger partial charge in [-0.15, -0.1) is 0 Å². The zero-order valence-electron chi connectivity index (χ0n) is 23.2. The van der Waals surface area contributed by atoms with Crippen LogP contribution in [0, 0.1) is 28.1 Å². The molecule has 0 atom stereocenters. The van der Waals surface area contributed by atoms with Gasteiger partial charge in [-0.1, -0.05) is 104 Å². The molecule has 0 fully saturated rings. The normalized spacial score (nSPS) is 11.9. The van der Waals surface area contributed by atoms with Crippen molar-refractivity contribution in [2.24, 2.45) is 5.73 Å². The van der Waals surface area contributed by atoms with Gasteiger partial charge >= 0.3 is 0 Å². The lowest BCUT2D eigenvalue weighted by Crippen LogP contribution is -1.92. The van der Waals surface area contributed by atoms with Gasteiger partial charge in [0.25, 0.3) is 0 Å². The Labute approximate surface area is 245 Å². The number of benzene rings is 5. The number of nitrogens with two attached hydrogens (primary N) is 1. The first-order valence-corrected chi connectivity index (χ1v) is 13.5. The maximum absolute atomic E-state index is 9.01. The predicted octanol–water partition coefficient (Wildman–Crippen LogP) is 9.21. The summed E-state index contributed by atoms with van der Waals surface area (Å²) in [6, 6.07) is 37.4. The summed E-state index contributed by atoms with van der Waals surface area (Å²) >= 11 is 0. The standard InChI is InChI=1S/C38H28N4/c1-25(17-19-31(41)23-39)27-9-7-11-29(21-27)37-33-13-3-5-15-35(33)38(36-16-6-4-14-34(36)37)30-12-8-10-28(22-30)26(2)18-20-32(42)24-40/h3-22,41H,1,42H2,2H3/b19-17-,26-18+,32-20-,41-31?. The summed E-state index contributed by atoms with van der Waals surface area (Å²) < 4.78 is 0. The van der Waals surface area contributed by atoms with Crippen LogP contribution in [-0.4, -0.2) is 5.71 Å². The highest BCUT2D eigenvalue weighted by Crippen LogP contribution is 2.44. The van der Waals surface area contributed by atoms with Gasteiger partial charge in [0.2, 0.25) is 0 Å². The van der Waals surface area contributed by atoms with Crippen LogP contribution in [0.3, 0.4) is 0 Å². The smallest absolute Gasteiger partial charge is 0.132 e. The number of hydrogen-bond acceptors (Lipinski definition) is 4. The van der Waals surface area contributed by atoms with Crippen molar-refractivity contribution < 1.29 is 0 Å². The molecule has 0 aliphatic heterocycles. The number of nitriles is 2. The van der Waals surface area contributed by atoms with Gasteiger partial charge < -0.3 is 5.73 Å².